The molecule has 1 amide bonds. The zero-order valence-electron chi connectivity index (χ0n) is 46.4. The molecular weight excluding hydrogens is 999 g/mol. The Kier molecular flexibility index (Phi) is 37.4. The summed E-state index contributed by atoms with van der Waals surface area (Å²) in [4.78, 5) is 13.3. The van der Waals surface area contributed by atoms with Crippen molar-refractivity contribution in [1.29, 1.82) is 0 Å². The first-order valence-electron chi connectivity index (χ1n) is 29.4. The predicted octanol–water partition coefficient (Wildman–Crippen LogP) is 4.70. The van der Waals surface area contributed by atoms with Crippen LogP contribution in [0.5, 0.6) is 0 Å². The Morgan fingerprint density at radius 3 is 1.34 bits per heavy atom. The molecule has 19 nitrogen and oxygen atoms in total. The first kappa shape index (κ1) is 69.0. The van der Waals surface area contributed by atoms with Gasteiger partial charge in [0.1, 0.15) is 73.2 Å². The summed E-state index contributed by atoms with van der Waals surface area (Å²) in [5, 5.41) is 120. The molecule has 3 heterocycles. The smallest absolute Gasteiger partial charge is 0.220 e. The van der Waals surface area contributed by atoms with Gasteiger partial charge in [0, 0.05) is 6.42 Å². The Morgan fingerprint density at radius 2 is 0.857 bits per heavy atom. The highest BCUT2D eigenvalue weighted by Gasteiger charge is 2.53. The molecule has 0 aromatic carbocycles. The highest BCUT2D eigenvalue weighted by atomic mass is 16.8. The molecule has 19 heteroatoms. The van der Waals surface area contributed by atoms with Crippen LogP contribution in [0.4, 0.5) is 0 Å². The van der Waals surface area contributed by atoms with E-state index < -0.39 is 124 Å². The van der Waals surface area contributed by atoms with Crippen LogP contribution in [0.2, 0.25) is 0 Å². The van der Waals surface area contributed by atoms with Gasteiger partial charge < -0.3 is 89.9 Å². The molecule has 0 aromatic heterocycles. The Labute approximate surface area is 459 Å². The van der Waals surface area contributed by atoms with E-state index in [4.69, 9.17) is 28.4 Å². The average molecular weight is 1100 g/mol. The lowest BCUT2D eigenvalue weighted by molar-refractivity contribution is -0.379. The number of nitrogens with one attached hydrogen (secondary N) is 1. The maximum Gasteiger partial charge on any atom is 0.220 e. The highest BCUT2D eigenvalue weighted by Crippen LogP contribution is 2.33. The second kappa shape index (κ2) is 41.7. The van der Waals surface area contributed by atoms with Crippen molar-refractivity contribution in [1.82, 2.24) is 5.32 Å². The normalized spacial score (nSPS) is 31.1. The van der Waals surface area contributed by atoms with Gasteiger partial charge in [-0.2, -0.15) is 0 Å². The maximum absolute atomic E-state index is 13.3. The van der Waals surface area contributed by atoms with Crippen LogP contribution in [-0.2, 0) is 33.2 Å². The number of unbranched alkanes of at least 4 members (excludes halogenated alkanes) is 20. The van der Waals surface area contributed by atoms with Crippen LogP contribution in [0.3, 0.4) is 0 Å². The zero-order chi connectivity index (χ0) is 56.2. The summed E-state index contributed by atoms with van der Waals surface area (Å²) in [5.41, 5.74) is 0. The van der Waals surface area contributed by atoms with Gasteiger partial charge in [-0.05, 0) is 57.8 Å². The molecule has 77 heavy (non-hydrogen) atoms. The number of rotatable bonds is 42. The molecular formula is C58H103NO18. The molecule has 0 spiro atoms. The van der Waals surface area contributed by atoms with Gasteiger partial charge in [-0.15, -0.1) is 0 Å². The van der Waals surface area contributed by atoms with Gasteiger partial charge in [-0.1, -0.05) is 165 Å². The molecule has 0 radical (unpaired) electrons. The van der Waals surface area contributed by atoms with Gasteiger partial charge in [-0.3, -0.25) is 4.79 Å². The minimum atomic E-state index is -1.98. The minimum Gasteiger partial charge on any atom is -0.394 e. The molecule has 12 N–H and O–H groups in total. The van der Waals surface area contributed by atoms with Crippen LogP contribution in [0.25, 0.3) is 0 Å². The molecule has 448 valence electrons. The lowest BCUT2D eigenvalue weighted by Gasteiger charge is -2.48. The number of hydrogen-bond donors (Lipinski definition) is 12. The Hall–Kier alpha value is -2.25. The second-order valence-electron chi connectivity index (χ2n) is 21.1. The van der Waals surface area contributed by atoms with Crippen LogP contribution in [0, 0.1) is 0 Å². The number of carbonyl (C=O) groups is 1. The van der Waals surface area contributed by atoms with Gasteiger partial charge in [-0.25, -0.2) is 0 Å². The first-order valence-corrected chi connectivity index (χ1v) is 29.4. The van der Waals surface area contributed by atoms with Crippen LogP contribution in [-0.4, -0.2) is 193 Å². The topological polar surface area (TPSA) is 307 Å². The van der Waals surface area contributed by atoms with Crippen molar-refractivity contribution in [2.45, 2.75) is 285 Å². The van der Waals surface area contributed by atoms with Crippen LogP contribution in [0.1, 0.15) is 181 Å². The standard InChI is InChI=1S/C58H103NO18/c1-3-5-7-9-11-13-15-16-17-18-19-20-21-22-23-24-26-28-30-32-34-36-46(64)59-41(42(63)35-33-31-29-27-25-14-12-10-8-6-4-2)40-72-56-52(70)49(67)54(44(38-61)74-56)77-58-53(71)50(68)55(45(39-62)75-58)76-57-51(69)48(66)47(65)43(37-60)73-57/h15-16,18-19,21-22,33,35,41-45,47-58,60-63,65-71H,3-14,17,20,23-32,34,36-40H2,1-2H3,(H,59,64)/b16-15-,19-18-,22-21-,35-33+. The fourth-order valence-electron chi connectivity index (χ4n) is 9.73. The SMILES string of the molecule is CCCCCCC/C=C\C/C=C\C/C=C\CCCCCCCCC(=O)NC(COC1OC(CO)C(OC2OC(CO)C(OC3OC(CO)C(O)C(O)C3O)C(O)C2O)C(O)C1O)C(O)/C=C/CCCCCCCCCCC. The molecule has 0 bridgehead atoms. The Balaban J connectivity index is 1.49. The number of ether oxygens (including phenoxy) is 6. The molecule has 3 fully saturated rings. The first-order chi connectivity index (χ1) is 37.3. The minimum absolute atomic E-state index is 0.227. The van der Waals surface area contributed by atoms with Gasteiger partial charge in [0.05, 0.1) is 38.6 Å². The lowest BCUT2D eigenvalue weighted by Crippen LogP contribution is -2.66. The van der Waals surface area contributed by atoms with E-state index in [2.05, 4.69) is 55.6 Å². The molecule has 0 saturated carbocycles. The third-order valence-corrected chi connectivity index (χ3v) is 14.6. The molecule has 3 rings (SSSR count). The molecule has 0 aliphatic carbocycles. The predicted molar refractivity (Wildman–Crippen MR) is 291 cm³/mol. The van der Waals surface area contributed by atoms with Crippen molar-refractivity contribution in [3.05, 3.63) is 48.6 Å². The molecule has 0 aromatic rings. The number of allylic oxidation sites excluding steroid dienone is 7. The fourth-order valence-corrected chi connectivity index (χ4v) is 9.73. The van der Waals surface area contributed by atoms with Crippen molar-refractivity contribution >= 4 is 5.91 Å². The second-order valence-corrected chi connectivity index (χ2v) is 21.1. The molecule has 3 aliphatic heterocycles. The Bertz CT molecular complexity index is 1600. The Morgan fingerprint density at radius 1 is 0.468 bits per heavy atom. The van der Waals surface area contributed by atoms with E-state index in [1.54, 1.807) is 6.08 Å². The van der Waals surface area contributed by atoms with Crippen LogP contribution >= 0.6 is 0 Å². The molecule has 3 saturated heterocycles. The van der Waals surface area contributed by atoms with Crippen molar-refractivity contribution in [3.63, 3.8) is 0 Å². The van der Waals surface area contributed by atoms with Gasteiger partial charge >= 0.3 is 0 Å². The summed E-state index contributed by atoms with van der Waals surface area (Å²) in [7, 11) is 0. The fraction of sp³-hybridized carbons (Fsp3) is 0.845. The third-order valence-electron chi connectivity index (χ3n) is 14.6. The number of aliphatic hydroxyl groups excluding tert-OH is 11. The zero-order valence-corrected chi connectivity index (χ0v) is 46.4. The quantitative estimate of drug-likeness (QED) is 0.0291. The third kappa shape index (κ3) is 26.0. The van der Waals surface area contributed by atoms with Crippen molar-refractivity contribution in [3.8, 4) is 0 Å². The average Bonchev–Trinajstić information content (AvgIpc) is 3.44. The monoisotopic (exact) mass is 1100 g/mol. The molecule has 3 aliphatic rings. The van der Waals surface area contributed by atoms with E-state index in [0.717, 1.165) is 77.0 Å². The highest BCUT2D eigenvalue weighted by molar-refractivity contribution is 5.76. The summed E-state index contributed by atoms with van der Waals surface area (Å²) in [5.74, 6) is -0.292. The lowest BCUT2D eigenvalue weighted by atomic mass is 9.96. The number of hydrogen-bond acceptors (Lipinski definition) is 18. The van der Waals surface area contributed by atoms with Gasteiger partial charge in [0.25, 0.3) is 0 Å². The van der Waals surface area contributed by atoms with E-state index in [-0.39, 0.29) is 18.9 Å². The van der Waals surface area contributed by atoms with Crippen molar-refractivity contribution in [2.75, 3.05) is 26.4 Å². The van der Waals surface area contributed by atoms with Gasteiger partial charge in [0.2, 0.25) is 5.91 Å². The largest absolute Gasteiger partial charge is 0.394 e. The van der Waals surface area contributed by atoms with E-state index in [9.17, 15) is 61.0 Å². The van der Waals surface area contributed by atoms with E-state index >= 15 is 0 Å². The summed E-state index contributed by atoms with van der Waals surface area (Å²) in [6.07, 6.45) is 18.1. The van der Waals surface area contributed by atoms with E-state index in [0.29, 0.717) is 6.42 Å². The van der Waals surface area contributed by atoms with E-state index in [1.165, 1.54) is 77.0 Å². The van der Waals surface area contributed by atoms with Crippen LogP contribution in [0.15, 0.2) is 48.6 Å². The number of amides is 1. The summed E-state index contributed by atoms with van der Waals surface area (Å²) in [6.45, 7) is 1.66. The summed E-state index contributed by atoms with van der Waals surface area (Å²) >= 11 is 0. The molecule has 17 atom stereocenters. The summed E-state index contributed by atoms with van der Waals surface area (Å²) < 4.78 is 34.2. The van der Waals surface area contributed by atoms with E-state index in [1.807, 2.05) is 6.08 Å². The van der Waals surface area contributed by atoms with Crippen molar-refractivity contribution in [2.24, 2.45) is 0 Å². The van der Waals surface area contributed by atoms with Crippen LogP contribution < -0.4 is 5.32 Å². The number of carbonyl (C=O) groups excluding carboxylic acids is 1. The maximum atomic E-state index is 13.3. The molecule has 17 unspecified atom stereocenters. The van der Waals surface area contributed by atoms with Gasteiger partial charge in [0.15, 0.2) is 18.9 Å². The van der Waals surface area contributed by atoms with Crippen molar-refractivity contribution < 1.29 is 89.4 Å². The summed E-state index contributed by atoms with van der Waals surface area (Å²) in [6, 6.07) is -0.979. The number of aliphatic hydroxyl groups is 11.